The van der Waals surface area contributed by atoms with Crippen LogP contribution in [0.15, 0.2) is 18.3 Å². The van der Waals surface area contributed by atoms with Crippen LogP contribution >= 0.6 is 0 Å². The van der Waals surface area contributed by atoms with Gasteiger partial charge in [0.15, 0.2) is 0 Å². The van der Waals surface area contributed by atoms with E-state index in [0.29, 0.717) is 12.8 Å². The maximum absolute atomic E-state index is 10.8. The Hall–Kier alpha value is -1.69. The van der Waals surface area contributed by atoms with Gasteiger partial charge in [-0.1, -0.05) is 12.8 Å². The highest BCUT2D eigenvalue weighted by atomic mass is 16.6. The van der Waals surface area contributed by atoms with Gasteiger partial charge in [0.1, 0.15) is 12.3 Å². The van der Waals surface area contributed by atoms with E-state index in [-0.39, 0.29) is 17.7 Å². The first-order valence-electron chi connectivity index (χ1n) is 6.12. The molecule has 1 heterocycles. The normalized spacial score (nSPS) is 24.3. The Labute approximate surface area is 105 Å². The van der Waals surface area contributed by atoms with Crippen molar-refractivity contribution in [3.8, 4) is 5.75 Å². The summed E-state index contributed by atoms with van der Waals surface area (Å²) in [7, 11) is 0. The summed E-state index contributed by atoms with van der Waals surface area (Å²) in [6.07, 6.45) is 4.81. The number of aliphatic hydroxyl groups excluding tert-OH is 1. The molecule has 1 aliphatic carbocycles. The minimum absolute atomic E-state index is 0.133. The second-order valence-corrected chi connectivity index (χ2v) is 4.44. The Balaban J connectivity index is 2.14. The molecule has 0 bridgehead atoms. The summed E-state index contributed by atoms with van der Waals surface area (Å²) < 4.78 is 5.59. The van der Waals surface area contributed by atoms with E-state index in [1.165, 1.54) is 12.3 Å². The van der Waals surface area contributed by atoms with Crippen molar-refractivity contribution in [1.29, 1.82) is 0 Å². The number of ether oxygens (including phenoxy) is 1. The fourth-order valence-electron chi connectivity index (χ4n) is 2.17. The van der Waals surface area contributed by atoms with E-state index in [1.54, 1.807) is 6.07 Å². The number of nitrogens with zero attached hydrogens (tertiary/aromatic N) is 2. The van der Waals surface area contributed by atoms with Gasteiger partial charge in [0.05, 0.1) is 6.10 Å². The molecule has 0 amide bonds. The zero-order valence-corrected chi connectivity index (χ0v) is 9.99. The molecule has 0 aromatic carbocycles. The summed E-state index contributed by atoms with van der Waals surface area (Å²) in [5.74, 6) is -0.164. The van der Waals surface area contributed by atoms with Crippen LogP contribution in [0.25, 0.3) is 0 Å². The second kappa shape index (κ2) is 5.77. The SMILES string of the molecule is O=[N+]([O-])c1ncccc1OC1CCCCCC1O. The lowest BCUT2D eigenvalue weighted by Gasteiger charge is -2.21. The summed E-state index contributed by atoms with van der Waals surface area (Å²) in [6, 6.07) is 3.11. The van der Waals surface area contributed by atoms with Gasteiger partial charge in [0.2, 0.25) is 5.75 Å². The molecular weight excluding hydrogens is 236 g/mol. The largest absolute Gasteiger partial charge is 0.480 e. The minimum Gasteiger partial charge on any atom is -0.480 e. The first kappa shape index (κ1) is 12.8. The lowest BCUT2D eigenvalue weighted by atomic mass is 10.1. The highest BCUT2D eigenvalue weighted by molar-refractivity contribution is 5.38. The lowest BCUT2D eigenvalue weighted by molar-refractivity contribution is -0.390. The monoisotopic (exact) mass is 252 g/mol. The van der Waals surface area contributed by atoms with Crippen LogP contribution in [0, 0.1) is 10.1 Å². The Morgan fingerprint density at radius 2 is 2.17 bits per heavy atom. The molecule has 1 N–H and O–H groups in total. The zero-order chi connectivity index (χ0) is 13.0. The Morgan fingerprint density at radius 1 is 1.39 bits per heavy atom. The molecule has 2 rings (SSSR count). The molecular formula is C12H16N2O4. The van der Waals surface area contributed by atoms with Crippen molar-refractivity contribution in [1.82, 2.24) is 4.98 Å². The molecule has 2 unspecified atom stereocenters. The average Bonchev–Trinajstić information content (AvgIpc) is 2.55. The van der Waals surface area contributed by atoms with E-state index >= 15 is 0 Å². The second-order valence-electron chi connectivity index (χ2n) is 4.44. The summed E-state index contributed by atoms with van der Waals surface area (Å²) in [4.78, 5) is 13.9. The standard InChI is InChI=1S/C12H16N2O4/c15-9-5-2-1-3-6-10(9)18-11-7-4-8-13-12(11)14(16)17/h4,7-10,15H,1-3,5-6H2. The molecule has 1 fully saturated rings. The van der Waals surface area contributed by atoms with Crippen LogP contribution in [-0.4, -0.2) is 27.2 Å². The molecule has 6 heteroatoms. The van der Waals surface area contributed by atoms with Gasteiger partial charge in [-0.2, -0.15) is 0 Å². The number of rotatable bonds is 3. The van der Waals surface area contributed by atoms with Crippen LogP contribution in [0.1, 0.15) is 32.1 Å². The van der Waals surface area contributed by atoms with Crippen LogP contribution in [0.5, 0.6) is 5.75 Å². The molecule has 1 aromatic rings. The lowest BCUT2D eigenvalue weighted by Crippen LogP contribution is -2.30. The van der Waals surface area contributed by atoms with Crippen LogP contribution in [-0.2, 0) is 0 Å². The van der Waals surface area contributed by atoms with Gasteiger partial charge in [0, 0.05) is 0 Å². The Morgan fingerprint density at radius 3 is 2.94 bits per heavy atom. The molecule has 0 aliphatic heterocycles. The van der Waals surface area contributed by atoms with E-state index in [0.717, 1.165) is 19.3 Å². The van der Waals surface area contributed by atoms with Crippen LogP contribution in [0.2, 0.25) is 0 Å². The van der Waals surface area contributed by atoms with Crippen molar-refractivity contribution in [2.45, 2.75) is 44.3 Å². The molecule has 1 aliphatic rings. The number of nitro groups is 1. The van der Waals surface area contributed by atoms with E-state index < -0.39 is 11.0 Å². The average molecular weight is 252 g/mol. The summed E-state index contributed by atoms with van der Waals surface area (Å²) in [5, 5.41) is 20.7. The molecule has 0 radical (unpaired) electrons. The summed E-state index contributed by atoms with van der Waals surface area (Å²) in [6.45, 7) is 0. The summed E-state index contributed by atoms with van der Waals surface area (Å²) >= 11 is 0. The minimum atomic E-state index is -0.571. The third-order valence-electron chi connectivity index (χ3n) is 3.12. The van der Waals surface area contributed by atoms with Gasteiger partial charge in [-0.3, -0.25) is 0 Å². The van der Waals surface area contributed by atoms with Crippen molar-refractivity contribution >= 4 is 5.82 Å². The van der Waals surface area contributed by atoms with Crippen LogP contribution < -0.4 is 4.74 Å². The topological polar surface area (TPSA) is 85.5 Å². The Kier molecular flexibility index (Phi) is 4.09. The first-order valence-corrected chi connectivity index (χ1v) is 6.12. The van der Waals surface area contributed by atoms with Gasteiger partial charge >= 0.3 is 5.82 Å². The van der Waals surface area contributed by atoms with Gasteiger partial charge in [-0.05, 0) is 41.3 Å². The molecule has 18 heavy (non-hydrogen) atoms. The predicted molar refractivity (Wildman–Crippen MR) is 64.4 cm³/mol. The smallest absolute Gasteiger partial charge is 0.406 e. The van der Waals surface area contributed by atoms with Crippen molar-refractivity contribution in [3.63, 3.8) is 0 Å². The van der Waals surface area contributed by atoms with Crippen LogP contribution in [0.3, 0.4) is 0 Å². The molecule has 1 aromatic heterocycles. The number of aromatic nitrogens is 1. The van der Waals surface area contributed by atoms with Crippen molar-refractivity contribution in [2.24, 2.45) is 0 Å². The third-order valence-corrected chi connectivity index (χ3v) is 3.12. The number of pyridine rings is 1. The third kappa shape index (κ3) is 2.95. The summed E-state index contributed by atoms with van der Waals surface area (Å²) in [5.41, 5.74) is 0. The van der Waals surface area contributed by atoms with E-state index in [4.69, 9.17) is 4.74 Å². The van der Waals surface area contributed by atoms with Gasteiger partial charge in [0.25, 0.3) is 0 Å². The maximum Gasteiger partial charge on any atom is 0.406 e. The van der Waals surface area contributed by atoms with E-state index in [2.05, 4.69) is 4.98 Å². The molecule has 2 atom stereocenters. The first-order chi connectivity index (χ1) is 8.68. The zero-order valence-electron chi connectivity index (χ0n) is 9.99. The molecule has 98 valence electrons. The van der Waals surface area contributed by atoms with Gasteiger partial charge in [-0.25, -0.2) is 0 Å². The van der Waals surface area contributed by atoms with Gasteiger partial charge < -0.3 is 20.0 Å². The molecule has 0 spiro atoms. The van der Waals surface area contributed by atoms with Gasteiger partial charge in [-0.15, -0.1) is 0 Å². The fourth-order valence-corrected chi connectivity index (χ4v) is 2.17. The van der Waals surface area contributed by atoms with Crippen molar-refractivity contribution in [2.75, 3.05) is 0 Å². The van der Waals surface area contributed by atoms with Crippen molar-refractivity contribution in [3.05, 3.63) is 28.4 Å². The van der Waals surface area contributed by atoms with Crippen LogP contribution in [0.4, 0.5) is 5.82 Å². The fraction of sp³-hybridized carbons (Fsp3) is 0.583. The van der Waals surface area contributed by atoms with Crippen molar-refractivity contribution < 1.29 is 14.8 Å². The van der Waals surface area contributed by atoms with E-state index in [9.17, 15) is 15.2 Å². The number of aliphatic hydroxyl groups is 1. The maximum atomic E-state index is 10.8. The van der Waals surface area contributed by atoms with E-state index in [1.807, 2.05) is 0 Å². The number of hydrogen-bond donors (Lipinski definition) is 1. The predicted octanol–water partition coefficient (Wildman–Crippen LogP) is 2.06. The Bertz CT molecular complexity index is 424. The quantitative estimate of drug-likeness (QED) is 0.505. The highest BCUT2D eigenvalue weighted by Crippen LogP contribution is 2.28. The molecule has 6 nitrogen and oxygen atoms in total. The molecule has 0 saturated heterocycles. The highest BCUT2D eigenvalue weighted by Gasteiger charge is 2.26. The molecule has 1 saturated carbocycles. The number of hydrogen-bond acceptors (Lipinski definition) is 5.